The van der Waals surface area contributed by atoms with Crippen LogP contribution in [-0.4, -0.2) is 25.2 Å². The van der Waals surface area contributed by atoms with E-state index in [9.17, 15) is 10.1 Å². The maximum Gasteiger partial charge on any atom is 0.338 e. The van der Waals surface area contributed by atoms with Gasteiger partial charge in [-0.05, 0) is 41.0 Å². The Morgan fingerprint density at radius 2 is 1.65 bits per heavy atom. The number of nitriles is 1. The Bertz CT molecular complexity index is 1290. The molecule has 0 aliphatic heterocycles. The minimum absolute atomic E-state index is 0.208. The number of carbonyl (C=O) groups is 1. The second-order valence-electron chi connectivity index (χ2n) is 6.76. The summed E-state index contributed by atoms with van der Waals surface area (Å²) in [6.07, 6.45) is 0. The monoisotopic (exact) mass is 428 g/mol. The van der Waals surface area contributed by atoms with Gasteiger partial charge in [-0.1, -0.05) is 54.1 Å². The van der Waals surface area contributed by atoms with E-state index in [0.29, 0.717) is 21.8 Å². The Labute approximate surface area is 184 Å². The van der Waals surface area contributed by atoms with Gasteiger partial charge in [-0.15, -0.1) is 0 Å². The summed E-state index contributed by atoms with van der Waals surface area (Å²) in [5.41, 5.74) is 5.05. The molecule has 6 heteroatoms. The van der Waals surface area contributed by atoms with E-state index in [1.54, 1.807) is 18.2 Å². The van der Waals surface area contributed by atoms with Gasteiger partial charge < -0.3 is 9.47 Å². The van der Waals surface area contributed by atoms with Crippen molar-refractivity contribution in [3.05, 3.63) is 82.9 Å². The van der Waals surface area contributed by atoms with Crippen LogP contribution in [0.5, 0.6) is 5.88 Å². The van der Waals surface area contributed by atoms with Crippen LogP contribution in [-0.2, 0) is 4.74 Å². The van der Waals surface area contributed by atoms with Crippen molar-refractivity contribution in [1.29, 1.82) is 5.26 Å². The molecule has 0 atom stereocenters. The third kappa shape index (κ3) is 3.70. The van der Waals surface area contributed by atoms with Crippen LogP contribution < -0.4 is 4.74 Å². The van der Waals surface area contributed by atoms with Gasteiger partial charge in [0.05, 0.1) is 25.5 Å². The first kappa shape index (κ1) is 20.4. The van der Waals surface area contributed by atoms with Gasteiger partial charge in [0, 0.05) is 16.1 Å². The summed E-state index contributed by atoms with van der Waals surface area (Å²) in [5, 5.41) is 10.5. The SMILES string of the molecule is COC(=O)c1cc(-c2cc(-c3ccc(Cl)cc3)nc(OC)c2C#N)c2cccccc1-2. The molecule has 5 nitrogen and oxygen atoms in total. The van der Waals surface area contributed by atoms with E-state index in [2.05, 4.69) is 11.1 Å². The number of hydrogen-bond acceptors (Lipinski definition) is 5. The lowest BCUT2D eigenvalue weighted by molar-refractivity contribution is 0.0602. The van der Waals surface area contributed by atoms with Crippen molar-refractivity contribution in [2.24, 2.45) is 0 Å². The highest BCUT2D eigenvalue weighted by atomic mass is 35.5. The molecule has 1 aromatic carbocycles. The van der Waals surface area contributed by atoms with Gasteiger partial charge in [0.15, 0.2) is 0 Å². The molecule has 0 unspecified atom stereocenters. The van der Waals surface area contributed by atoms with Gasteiger partial charge in [-0.25, -0.2) is 9.78 Å². The molecule has 152 valence electrons. The molecule has 0 N–H and O–H groups in total. The van der Waals surface area contributed by atoms with Gasteiger partial charge in [0.1, 0.15) is 11.6 Å². The molecular weight excluding hydrogens is 412 g/mol. The highest BCUT2D eigenvalue weighted by molar-refractivity contribution is 6.30. The Morgan fingerprint density at radius 3 is 2.29 bits per heavy atom. The fraction of sp³-hybridized carbons (Fsp3) is 0.0800. The summed E-state index contributed by atoms with van der Waals surface area (Å²) in [6.45, 7) is 0. The summed E-state index contributed by atoms with van der Waals surface area (Å²) in [4.78, 5) is 17.0. The molecule has 2 aliphatic rings. The topological polar surface area (TPSA) is 72.2 Å². The first-order valence-corrected chi connectivity index (χ1v) is 9.80. The fourth-order valence-corrected chi connectivity index (χ4v) is 3.70. The zero-order valence-corrected chi connectivity index (χ0v) is 17.6. The van der Waals surface area contributed by atoms with Crippen LogP contribution >= 0.6 is 11.6 Å². The number of methoxy groups -OCH3 is 2. The summed E-state index contributed by atoms with van der Waals surface area (Å²) < 4.78 is 10.4. The molecule has 31 heavy (non-hydrogen) atoms. The zero-order valence-electron chi connectivity index (χ0n) is 16.8. The number of hydrogen-bond donors (Lipinski definition) is 0. The second kappa shape index (κ2) is 8.47. The smallest absolute Gasteiger partial charge is 0.338 e. The number of esters is 1. The zero-order chi connectivity index (χ0) is 22.0. The van der Waals surface area contributed by atoms with Crippen LogP contribution in [0.1, 0.15) is 15.9 Å². The lowest BCUT2D eigenvalue weighted by Gasteiger charge is -2.12. The average Bonchev–Trinajstić information content (AvgIpc) is 2.98. The molecule has 0 amide bonds. The lowest BCUT2D eigenvalue weighted by Crippen LogP contribution is -2.00. The van der Waals surface area contributed by atoms with Crippen molar-refractivity contribution in [2.45, 2.75) is 0 Å². The number of carbonyl (C=O) groups excluding carboxylic acids is 1. The number of ether oxygens (including phenoxy) is 2. The Balaban J connectivity index is 2.03. The summed E-state index contributed by atoms with van der Waals surface area (Å²) in [6, 6.07) is 22.4. The Morgan fingerprint density at radius 1 is 0.935 bits per heavy atom. The standard InChI is InChI=1S/C25H17ClN2O3/c1-30-24-22(14-27)20(13-23(28-24)15-8-10-16(26)11-9-15)19-12-21(25(29)31-2)18-7-5-3-4-6-17(18)19/h3-13H,1-2H3. The van der Waals surface area contributed by atoms with Gasteiger partial charge in [0.25, 0.3) is 0 Å². The van der Waals surface area contributed by atoms with Crippen molar-refractivity contribution < 1.29 is 14.3 Å². The molecule has 0 bridgehead atoms. The van der Waals surface area contributed by atoms with E-state index >= 15 is 0 Å². The number of rotatable bonds is 4. The lowest BCUT2D eigenvalue weighted by atomic mass is 9.97. The maximum atomic E-state index is 12.4. The largest absolute Gasteiger partial charge is 0.480 e. The van der Waals surface area contributed by atoms with Crippen molar-refractivity contribution in [3.63, 3.8) is 0 Å². The number of benzene rings is 1. The first-order chi connectivity index (χ1) is 15.1. The number of aromatic nitrogens is 1. The van der Waals surface area contributed by atoms with E-state index < -0.39 is 5.97 Å². The predicted molar refractivity (Wildman–Crippen MR) is 119 cm³/mol. The van der Waals surface area contributed by atoms with Gasteiger partial charge in [-0.2, -0.15) is 5.26 Å². The maximum absolute atomic E-state index is 12.4. The number of pyridine rings is 1. The molecule has 2 aromatic rings. The van der Waals surface area contributed by atoms with Crippen molar-refractivity contribution in [1.82, 2.24) is 4.98 Å². The summed E-state index contributed by atoms with van der Waals surface area (Å²) >= 11 is 6.02. The molecule has 0 fully saturated rings. The quantitative estimate of drug-likeness (QED) is 0.382. The number of halogens is 1. The van der Waals surface area contributed by atoms with Crippen molar-refractivity contribution in [3.8, 4) is 45.5 Å². The fourth-order valence-electron chi connectivity index (χ4n) is 3.58. The molecule has 2 aliphatic carbocycles. The van der Waals surface area contributed by atoms with E-state index in [-0.39, 0.29) is 11.4 Å². The highest BCUT2D eigenvalue weighted by Gasteiger charge is 2.25. The van der Waals surface area contributed by atoms with Crippen molar-refractivity contribution in [2.75, 3.05) is 14.2 Å². The molecule has 1 aromatic heterocycles. The van der Waals surface area contributed by atoms with Crippen molar-refractivity contribution >= 4 is 17.6 Å². The summed E-state index contributed by atoms with van der Waals surface area (Å²) in [5.74, 6) is -0.237. The molecule has 0 saturated heterocycles. The molecular formula is C25H17ClN2O3. The normalized spacial score (nSPS) is 10.5. The van der Waals surface area contributed by atoms with Crippen LogP contribution in [0, 0.1) is 11.3 Å². The minimum Gasteiger partial charge on any atom is -0.480 e. The van der Waals surface area contributed by atoms with E-state index in [1.807, 2.05) is 48.5 Å². The molecule has 0 spiro atoms. The van der Waals surface area contributed by atoms with Crippen LogP contribution in [0.3, 0.4) is 0 Å². The van der Waals surface area contributed by atoms with E-state index in [4.69, 9.17) is 21.1 Å². The minimum atomic E-state index is -0.445. The van der Waals surface area contributed by atoms with Crippen LogP contribution in [0.15, 0.2) is 66.7 Å². The molecule has 4 rings (SSSR count). The third-order valence-electron chi connectivity index (χ3n) is 5.03. The first-order valence-electron chi connectivity index (χ1n) is 9.43. The third-order valence-corrected chi connectivity index (χ3v) is 5.29. The van der Waals surface area contributed by atoms with E-state index in [0.717, 1.165) is 22.3 Å². The second-order valence-corrected chi connectivity index (χ2v) is 7.20. The average molecular weight is 429 g/mol. The molecule has 1 heterocycles. The Kier molecular flexibility index (Phi) is 5.57. The van der Waals surface area contributed by atoms with Crippen LogP contribution in [0.2, 0.25) is 5.02 Å². The van der Waals surface area contributed by atoms with Gasteiger partial charge in [0.2, 0.25) is 5.88 Å². The van der Waals surface area contributed by atoms with Gasteiger partial charge in [-0.3, -0.25) is 0 Å². The Hall–Kier alpha value is -3.88. The van der Waals surface area contributed by atoms with Crippen LogP contribution in [0.25, 0.3) is 33.5 Å². The van der Waals surface area contributed by atoms with Gasteiger partial charge >= 0.3 is 5.97 Å². The number of nitrogens with zero attached hydrogens (tertiary/aromatic N) is 2. The number of fused-ring (bicyclic) bond motifs is 1. The molecule has 0 radical (unpaired) electrons. The molecule has 0 saturated carbocycles. The summed E-state index contributed by atoms with van der Waals surface area (Å²) in [7, 11) is 2.82. The predicted octanol–water partition coefficient (Wildman–Crippen LogP) is 5.84. The van der Waals surface area contributed by atoms with Crippen LogP contribution in [0.4, 0.5) is 0 Å². The highest BCUT2D eigenvalue weighted by Crippen LogP contribution is 2.42. The van der Waals surface area contributed by atoms with E-state index in [1.165, 1.54) is 14.2 Å².